The predicted molar refractivity (Wildman–Crippen MR) is 301 cm³/mol. The lowest BCUT2D eigenvalue weighted by Crippen LogP contribution is -2.45. The minimum Gasteiger partial charge on any atom is -0.481 e. The normalized spacial score (nSPS) is 15.3. The first kappa shape index (κ1) is 75.9. The lowest BCUT2D eigenvalue weighted by Gasteiger charge is -2.28. The number of aliphatic carboxylic acids is 3. The number of ketones is 3. The third-order valence-electron chi connectivity index (χ3n) is 13.1. The summed E-state index contributed by atoms with van der Waals surface area (Å²) in [5, 5.41) is 50.2. The molecule has 0 radical (unpaired) electrons. The second-order valence-corrected chi connectivity index (χ2v) is 21.1. The quantitative estimate of drug-likeness (QED) is 0.0391. The standard InChI is InChI=1S/C51H87N5O18S.C4H9NO/c1-2-38(43(59)30-40(32-57)50(67)68)35-75-36-47(63)52-21-11-12-41(58)33-73-28-26-72-25-23-54-46(62)34-74-29-27-71-24-22-53-45(61)20-19-42(51(69)70)56-49(66)39-17-15-37(16-18-39)31-55-44(60)13-9-7-5-3-4-6-8-10-14-48(64)65;1-3(5)4(2)6/h37-40,42,57H,2-36H2,1H3,(H,52,63)(H,53,61)(H,54,62)(H,55,60)(H,56,66)(H,64,65)(H,67,68)(H,69,70);3H,5H2,1-2H3/t37?,38-,39?,40-,42-;3-/m00/s1. The largest absolute Gasteiger partial charge is 0.481 e. The highest BCUT2D eigenvalue weighted by Crippen LogP contribution is 2.29. The van der Waals surface area contributed by atoms with Gasteiger partial charge in [-0.3, -0.25) is 47.9 Å². The van der Waals surface area contributed by atoms with Crippen LogP contribution in [0.4, 0.5) is 0 Å². The minimum atomic E-state index is -1.23. The minimum absolute atomic E-state index is 0.0185. The molecule has 0 aromatic rings. The van der Waals surface area contributed by atoms with Gasteiger partial charge in [-0.2, -0.15) is 11.8 Å². The molecule has 1 fully saturated rings. The Balaban J connectivity index is 0.0000101. The lowest BCUT2D eigenvalue weighted by molar-refractivity contribution is -0.145. The van der Waals surface area contributed by atoms with E-state index in [0.717, 1.165) is 64.2 Å². The second-order valence-electron chi connectivity index (χ2n) is 20.1. The molecule has 466 valence electrons. The summed E-state index contributed by atoms with van der Waals surface area (Å²) >= 11 is 1.26. The van der Waals surface area contributed by atoms with Crippen LogP contribution < -0.4 is 32.3 Å². The fraction of sp³-hybridized carbons (Fsp3) is 0.800. The van der Waals surface area contributed by atoms with Crippen LogP contribution in [0.2, 0.25) is 0 Å². The predicted octanol–water partition coefficient (Wildman–Crippen LogP) is 2.34. The van der Waals surface area contributed by atoms with E-state index in [-0.39, 0.29) is 163 Å². The molecule has 0 bridgehead atoms. The van der Waals surface area contributed by atoms with E-state index in [4.69, 9.17) is 40.0 Å². The van der Waals surface area contributed by atoms with Gasteiger partial charge in [0.25, 0.3) is 0 Å². The highest BCUT2D eigenvalue weighted by molar-refractivity contribution is 7.99. The van der Waals surface area contributed by atoms with Gasteiger partial charge in [0, 0.05) is 75.9 Å². The second kappa shape index (κ2) is 49.5. The summed E-state index contributed by atoms with van der Waals surface area (Å²) < 4.78 is 21.4. The fourth-order valence-electron chi connectivity index (χ4n) is 7.88. The molecule has 0 aromatic carbocycles. The van der Waals surface area contributed by atoms with Gasteiger partial charge in [-0.15, -0.1) is 0 Å². The van der Waals surface area contributed by atoms with Gasteiger partial charge in [0.1, 0.15) is 30.8 Å². The maximum Gasteiger partial charge on any atom is 0.326 e. The smallest absolute Gasteiger partial charge is 0.326 e. The highest BCUT2D eigenvalue weighted by Gasteiger charge is 2.30. The molecule has 1 saturated carbocycles. The summed E-state index contributed by atoms with van der Waals surface area (Å²) in [5.74, 6) is -6.06. The Morgan fingerprint density at radius 3 is 1.67 bits per heavy atom. The molecule has 0 saturated heterocycles. The Morgan fingerprint density at radius 1 is 0.593 bits per heavy atom. The molecule has 81 heavy (non-hydrogen) atoms. The molecular weight excluding hydrogens is 1080 g/mol. The Kier molecular flexibility index (Phi) is 46.4. The van der Waals surface area contributed by atoms with E-state index in [1.54, 1.807) is 13.8 Å². The van der Waals surface area contributed by atoms with Gasteiger partial charge in [0.05, 0.1) is 64.0 Å². The summed E-state index contributed by atoms with van der Waals surface area (Å²) in [6.45, 7) is 6.29. The number of unbranched alkanes of at least 4 members (excludes halogenated alkanes) is 7. The van der Waals surface area contributed by atoms with E-state index in [9.17, 15) is 57.8 Å². The number of amides is 5. The zero-order valence-electron chi connectivity index (χ0n) is 48.1. The first-order chi connectivity index (χ1) is 38.7. The van der Waals surface area contributed by atoms with Crippen LogP contribution in [0.5, 0.6) is 0 Å². The van der Waals surface area contributed by atoms with E-state index >= 15 is 0 Å². The summed E-state index contributed by atoms with van der Waals surface area (Å²) in [7, 11) is 0. The van der Waals surface area contributed by atoms with Gasteiger partial charge >= 0.3 is 17.9 Å². The number of Topliss-reactive ketones (excluding diaryl/α,β-unsaturated/α-hetero) is 3. The van der Waals surface area contributed by atoms with E-state index in [1.807, 2.05) is 0 Å². The number of aliphatic hydroxyl groups is 1. The summed E-state index contributed by atoms with van der Waals surface area (Å²) in [5.41, 5.74) is 5.09. The van der Waals surface area contributed by atoms with Crippen molar-refractivity contribution in [2.75, 3.05) is 97.1 Å². The Bertz CT molecular complexity index is 1850. The Labute approximate surface area is 481 Å². The Morgan fingerprint density at radius 2 is 1.12 bits per heavy atom. The number of aliphatic hydroxyl groups excluding tert-OH is 1. The van der Waals surface area contributed by atoms with E-state index in [0.29, 0.717) is 50.9 Å². The molecular formula is C55H96N6O19S. The van der Waals surface area contributed by atoms with Crippen molar-refractivity contribution in [3.63, 3.8) is 0 Å². The Hall–Kier alpha value is -5.12. The van der Waals surface area contributed by atoms with Crippen molar-refractivity contribution in [1.82, 2.24) is 26.6 Å². The van der Waals surface area contributed by atoms with Crippen molar-refractivity contribution < 1.29 is 92.1 Å². The average molecular weight is 1180 g/mol. The topological polar surface area (TPSA) is 392 Å². The summed E-state index contributed by atoms with van der Waals surface area (Å²) in [6, 6.07) is -1.50. The van der Waals surface area contributed by atoms with Crippen molar-refractivity contribution in [1.29, 1.82) is 0 Å². The first-order valence-electron chi connectivity index (χ1n) is 28.5. The number of nitrogens with one attached hydrogen (secondary N) is 5. The summed E-state index contributed by atoms with van der Waals surface area (Å²) in [6.07, 6.45) is 11.7. The third kappa shape index (κ3) is 44.2. The van der Waals surface area contributed by atoms with Crippen molar-refractivity contribution in [2.45, 2.75) is 161 Å². The van der Waals surface area contributed by atoms with Gasteiger partial charge in [-0.25, -0.2) is 4.79 Å². The monoisotopic (exact) mass is 1180 g/mol. The number of carboxylic acids is 3. The van der Waals surface area contributed by atoms with Crippen LogP contribution in [-0.4, -0.2) is 194 Å². The van der Waals surface area contributed by atoms with E-state index in [2.05, 4.69) is 26.6 Å². The van der Waals surface area contributed by atoms with Crippen molar-refractivity contribution in [3.8, 4) is 0 Å². The zero-order valence-corrected chi connectivity index (χ0v) is 48.9. The molecule has 1 aliphatic carbocycles. The van der Waals surface area contributed by atoms with Crippen molar-refractivity contribution in [2.24, 2.45) is 29.4 Å². The number of hydrogen-bond acceptors (Lipinski definition) is 18. The number of ether oxygens (including phenoxy) is 4. The lowest BCUT2D eigenvalue weighted by atomic mass is 9.81. The number of carboxylic acid groups (broad SMARTS) is 3. The zero-order chi connectivity index (χ0) is 60.6. The van der Waals surface area contributed by atoms with E-state index in [1.165, 1.54) is 18.7 Å². The van der Waals surface area contributed by atoms with Gasteiger partial charge in [0.2, 0.25) is 29.5 Å². The van der Waals surface area contributed by atoms with Crippen LogP contribution >= 0.6 is 11.8 Å². The highest BCUT2D eigenvalue weighted by atomic mass is 32.2. The third-order valence-corrected chi connectivity index (χ3v) is 14.2. The molecule has 25 nitrogen and oxygen atoms in total. The maximum atomic E-state index is 12.9. The fourth-order valence-corrected chi connectivity index (χ4v) is 9.00. The van der Waals surface area contributed by atoms with Crippen molar-refractivity contribution in [3.05, 3.63) is 0 Å². The molecule has 11 N–H and O–H groups in total. The van der Waals surface area contributed by atoms with Gasteiger partial charge in [-0.05, 0) is 77.6 Å². The molecule has 1 aliphatic rings. The average Bonchev–Trinajstić information content (AvgIpc) is 3.43. The first-order valence-corrected chi connectivity index (χ1v) is 29.7. The SMILES string of the molecule is CC(=O)[C@H](C)N.CC[C@@H](CSCC(=O)NCCCC(=O)COCCOCCNC(=O)COCCOCCNC(=O)CC[C@H](NC(=O)C1CCC(CNC(=O)CCCCCCCCCCC(=O)O)CC1)C(=O)O)C(=O)C[C@@H](CO)C(=O)O. The van der Waals surface area contributed by atoms with Crippen LogP contribution in [0.1, 0.15) is 149 Å². The van der Waals surface area contributed by atoms with Crippen LogP contribution in [0, 0.1) is 23.7 Å². The maximum absolute atomic E-state index is 12.9. The number of rotatable bonds is 50. The molecule has 4 atom stereocenters. The van der Waals surface area contributed by atoms with Gasteiger partial charge < -0.3 is 71.7 Å². The number of thioether (sulfide) groups is 1. The van der Waals surface area contributed by atoms with Crippen LogP contribution in [0.25, 0.3) is 0 Å². The number of nitrogens with two attached hydrogens (primary N) is 1. The van der Waals surface area contributed by atoms with Gasteiger partial charge in [-0.1, -0.05) is 45.4 Å². The summed E-state index contributed by atoms with van der Waals surface area (Å²) in [4.78, 5) is 130. The molecule has 0 heterocycles. The number of carbonyl (C=O) groups excluding carboxylic acids is 8. The molecule has 0 aliphatic heterocycles. The number of carbonyl (C=O) groups is 11. The molecule has 0 aromatic heterocycles. The van der Waals surface area contributed by atoms with E-state index < -0.39 is 48.3 Å². The van der Waals surface area contributed by atoms with Gasteiger partial charge in [0.15, 0.2) is 5.78 Å². The van der Waals surface area contributed by atoms with Crippen LogP contribution in [0.15, 0.2) is 0 Å². The molecule has 26 heteroatoms. The molecule has 1 rings (SSSR count). The van der Waals surface area contributed by atoms with Crippen molar-refractivity contribution >= 4 is 76.6 Å². The molecule has 5 amide bonds. The molecule has 0 spiro atoms. The number of hydrogen-bond donors (Lipinski definition) is 10. The van der Waals surface area contributed by atoms with Crippen LogP contribution in [-0.2, 0) is 71.7 Å². The molecule has 0 unspecified atom stereocenters. The van der Waals surface area contributed by atoms with Crippen LogP contribution in [0.3, 0.4) is 0 Å².